The number of nitrogens with zero attached hydrogens (tertiary/aromatic N) is 1. The van der Waals surface area contributed by atoms with Crippen LogP contribution in [0.5, 0.6) is 0 Å². The summed E-state index contributed by atoms with van der Waals surface area (Å²) in [5.74, 6) is 0.117. The molecule has 1 aliphatic rings. The lowest BCUT2D eigenvalue weighted by atomic mass is 9.94. The standard InChI is InChI=1S/C23H30N2O/c1-3-25(21-16-10-11-18(2)17-21)22(19-12-6-4-7-13-19)23(26)24-20-14-8-5-9-15-20/h4,6-7,10-13,16-17,20,22H,3,5,8-9,14-15H2,1-2H3,(H,24,26)/t22-/m0/s1. The molecule has 1 fully saturated rings. The number of carbonyl (C=O) groups is 1. The maximum atomic E-state index is 13.3. The molecule has 1 aliphatic carbocycles. The number of anilines is 1. The molecule has 2 aromatic rings. The van der Waals surface area contributed by atoms with Gasteiger partial charge >= 0.3 is 0 Å². The quantitative estimate of drug-likeness (QED) is 0.794. The summed E-state index contributed by atoms with van der Waals surface area (Å²) in [7, 11) is 0. The van der Waals surface area contributed by atoms with E-state index in [0.717, 1.165) is 30.6 Å². The third-order valence-electron chi connectivity index (χ3n) is 5.30. The maximum absolute atomic E-state index is 13.3. The van der Waals surface area contributed by atoms with Crippen LogP contribution in [0.25, 0.3) is 0 Å². The molecule has 0 saturated heterocycles. The van der Waals surface area contributed by atoms with Crippen molar-refractivity contribution in [2.75, 3.05) is 11.4 Å². The van der Waals surface area contributed by atoms with Crippen molar-refractivity contribution in [3.8, 4) is 0 Å². The summed E-state index contributed by atoms with van der Waals surface area (Å²) in [6, 6.07) is 18.6. The van der Waals surface area contributed by atoms with Gasteiger partial charge in [-0.1, -0.05) is 61.7 Å². The molecule has 1 amide bonds. The molecule has 0 heterocycles. The lowest BCUT2D eigenvalue weighted by Gasteiger charge is -2.34. The Hall–Kier alpha value is -2.29. The summed E-state index contributed by atoms with van der Waals surface area (Å²) >= 11 is 0. The van der Waals surface area contributed by atoms with Crippen LogP contribution >= 0.6 is 0 Å². The Labute approximate surface area is 157 Å². The average molecular weight is 351 g/mol. The fourth-order valence-corrected chi connectivity index (χ4v) is 3.96. The Bertz CT molecular complexity index is 707. The van der Waals surface area contributed by atoms with Crippen LogP contribution in [-0.4, -0.2) is 18.5 Å². The van der Waals surface area contributed by atoms with Gasteiger partial charge in [-0.2, -0.15) is 0 Å². The monoisotopic (exact) mass is 350 g/mol. The highest BCUT2D eigenvalue weighted by atomic mass is 16.2. The van der Waals surface area contributed by atoms with Crippen molar-refractivity contribution in [3.05, 3.63) is 65.7 Å². The van der Waals surface area contributed by atoms with Crippen molar-refractivity contribution in [3.63, 3.8) is 0 Å². The first kappa shape index (κ1) is 18.5. The van der Waals surface area contributed by atoms with Crippen LogP contribution in [0.2, 0.25) is 0 Å². The van der Waals surface area contributed by atoms with E-state index in [1.54, 1.807) is 0 Å². The van der Waals surface area contributed by atoms with E-state index in [0.29, 0.717) is 6.04 Å². The first-order valence-electron chi connectivity index (χ1n) is 9.87. The first-order chi connectivity index (χ1) is 12.7. The van der Waals surface area contributed by atoms with Crippen LogP contribution in [0.1, 0.15) is 56.2 Å². The minimum Gasteiger partial charge on any atom is -0.356 e. The lowest BCUT2D eigenvalue weighted by Crippen LogP contribution is -2.45. The largest absolute Gasteiger partial charge is 0.356 e. The van der Waals surface area contributed by atoms with Crippen molar-refractivity contribution in [2.24, 2.45) is 0 Å². The summed E-state index contributed by atoms with van der Waals surface area (Å²) in [6.45, 7) is 4.99. The highest BCUT2D eigenvalue weighted by Gasteiger charge is 2.29. The van der Waals surface area contributed by atoms with Crippen LogP contribution in [0, 0.1) is 6.92 Å². The van der Waals surface area contributed by atoms with Crippen molar-refractivity contribution in [2.45, 2.75) is 58.0 Å². The summed E-state index contributed by atoms with van der Waals surface area (Å²) in [6.07, 6.45) is 5.93. The van der Waals surface area contributed by atoms with E-state index >= 15 is 0 Å². The van der Waals surface area contributed by atoms with Gasteiger partial charge in [-0.05, 0) is 49.9 Å². The van der Waals surface area contributed by atoms with E-state index in [4.69, 9.17) is 0 Å². The number of nitrogens with one attached hydrogen (secondary N) is 1. The molecule has 1 saturated carbocycles. The van der Waals surface area contributed by atoms with Gasteiger partial charge in [-0.25, -0.2) is 0 Å². The Balaban J connectivity index is 1.90. The summed E-state index contributed by atoms with van der Waals surface area (Å²) in [5, 5.41) is 3.34. The second kappa shape index (κ2) is 8.88. The number of hydrogen-bond donors (Lipinski definition) is 1. The number of amides is 1. The topological polar surface area (TPSA) is 32.3 Å². The molecule has 138 valence electrons. The molecule has 0 aliphatic heterocycles. The number of aryl methyl sites for hydroxylation is 1. The van der Waals surface area contributed by atoms with Gasteiger partial charge in [-0.15, -0.1) is 0 Å². The van der Waals surface area contributed by atoms with Gasteiger partial charge in [0, 0.05) is 18.3 Å². The minimum absolute atomic E-state index is 0.117. The van der Waals surface area contributed by atoms with E-state index in [2.05, 4.69) is 60.5 Å². The van der Waals surface area contributed by atoms with Gasteiger partial charge in [0.1, 0.15) is 6.04 Å². The van der Waals surface area contributed by atoms with Gasteiger partial charge in [0.25, 0.3) is 0 Å². The second-order valence-electron chi connectivity index (χ2n) is 7.28. The number of likely N-dealkylation sites (N-methyl/N-ethyl adjacent to an activating group) is 1. The third kappa shape index (κ3) is 4.46. The zero-order valence-corrected chi connectivity index (χ0v) is 15.9. The number of carbonyl (C=O) groups excluding carboxylic acids is 1. The summed E-state index contributed by atoms with van der Waals surface area (Å²) in [4.78, 5) is 15.5. The second-order valence-corrected chi connectivity index (χ2v) is 7.28. The average Bonchev–Trinajstić information content (AvgIpc) is 2.67. The van der Waals surface area contributed by atoms with Gasteiger partial charge in [0.2, 0.25) is 5.91 Å². The molecule has 0 spiro atoms. The third-order valence-corrected chi connectivity index (χ3v) is 5.30. The molecule has 26 heavy (non-hydrogen) atoms. The van der Waals surface area contributed by atoms with Crippen molar-refractivity contribution in [1.29, 1.82) is 0 Å². The van der Waals surface area contributed by atoms with Crippen molar-refractivity contribution >= 4 is 11.6 Å². The van der Waals surface area contributed by atoms with Crippen LogP contribution in [0.15, 0.2) is 54.6 Å². The Morgan fingerprint density at radius 2 is 1.81 bits per heavy atom. The summed E-state index contributed by atoms with van der Waals surface area (Å²) < 4.78 is 0. The molecule has 1 N–H and O–H groups in total. The minimum atomic E-state index is -0.301. The molecule has 0 aromatic heterocycles. The lowest BCUT2D eigenvalue weighted by molar-refractivity contribution is -0.123. The number of benzene rings is 2. The molecular weight excluding hydrogens is 320 g/mol. The van der Waals surface area contributed by atoms with Crippen LogP contribution in [0.4, 0.5) is 5.69 Å². The van der Waals surface area contributed by atoms with Crippen LogP contribution in [0.3, 0.4) is 0 Å². The predicted octanol–water partition coefficient (Wildman–Crippen LogP) is 5.01. The fraction of sp³-hybridized carbons (Fsp3) is 0.435. The molecule has 3 rings (SSSR count). The van der Waals surface area contributed by atoms with Gasteiger partial charge in [-0.3, -0.25) is 4.79 Å². The van der Waals surface area contributed by atoms with Crippen molar-refractivity contribution in [1.82, 2.24) is 5.32 Å². The normalized spacial score (nSPS) is 16.1. The Morgan fingerprint density at radius 3 is 2.46 bits per heavy atom. The van der Waals surface area contributed by atoms with E-state index in [1.807, 2.05) is 18.2 Å². The molecule has 1 atom stereocenters. The van der Waals surface area contributed by atoms with Gasteiger partial charge < -0.3 is 10.2 Å². The van der Waals surface area contributed by atoms with E-state index in [9.17, 15) is 4.79 Å². The molecule has 3 heteroatoms. The molecular formula is C23H30N2O. The smallest absolute Gasteiger partial charge is 0.247 e. The number of rotatable bonds is 6. The highest BCUT2D eigenvalue weighted by molar-refractivity contribution is 5.87. The van der Waals surface area contributed by atoms with E-state index in [-0.39, 0.29) is 11.9 Å². The van der Waals surface area contributed by atoms with E-state index < -0.39 is 0 Å². The SMILES string of the molecule is CCN(c1cccc(C)c1)[C@H](C(=O)NC1CCCCC1)c1ccccc1. The molecule has 0 radical (unpaired) electrons. The van der Waals surface area contributed by atoms with Crippen LogP contribution in [-0.2, 0) is 4.79 Å². The number of hydrogen-bond acceptors (Lipinski definition) is 2. The fourth-order valence-electron chi connectivity index (χ4n) is 3.96. The molecule has 0 unspecified atom stereocenters. The van der Waals surface area contributed by atoms with Gasteiger partial charge in [0.15, 0.2) is 0 Å². The zero-order valence-electron chi connectivity index (χ0n) is 15.9. The Kier molecular flexibility index (Phi) is 6.32. The predicted molar refractivity (Wildman–Crippen MR) is 108 cm³/mol. The van der Waals surface area contributed by atoms with E-state index in [1.165, 1.54) is 24.8 Å². The first-order valence-corrected chi connectivity index (χ1v) is 9.87. The summed E-state index contributed by atoms with van der Waals surface area (Å²) in [5.41, 5.74) is 3.35. The molecule has 3 nitrogen and oxygen atoms in total. The van der Waals surface area contributed by atoms with Gasteiger partial charge in [0.05, 0.1) is 0 Å². The molecule has 2 aromatic carbocycles. The van der Waals surface area contributed by atoms with Crippen LogP contribution < -0.4 is 10.2 Å². The zero-order chi connectivity index (χ0) is 18.4. The highest BCUT2D eigenvalue weighted by Crippen LogP contribution is 2.29. The maximum Gasteiger partial charge on any atom is 0.247 e. The van der Waals surface area contributed by atoms with Crippen molar-refractivity contribution < 1.29 is 4.79 Å². The Morgan fingerprint density at radius 1 is 1.08 bits per heavy atom. The molecule has 0 bridgehead atoms.